The molecule has 0 bridgehead atoms. The molecule has 6 heteroatoms. The smallest absolute Gasteiger partial charge is 0.325 e. The van der Waals surface area contributed by atoms with Gasteiger partial charge in [-0.2, -0.15) is 0 Å². The molecule has 0 aromatic heterocycles. The molecule has 0 fully saturated rings. The summed E-state index contributed by atoms with van der Waals surface area (Å²) in [5, 5.41) is 13.9. The number of hydrogen-bond acceptors (Lipinski definition) is 2. The summed E-state index contributed by atoms with van der Waals surface area (Å²) in [5.41, 5.74) is 1.41. The average molecular weight is 257 g/mol. The molecule has 0 saturated heterocycles. The number of aliphatic carboxylic acids is 1. The molecule has 1 rings (SSSR count). The van der Waals surface area contributed by atoms with Gasteiger partial charge in [0.2, 0.25) is 0 Å². The number of carboxylic acid groups (broad SMARTS) is 1. The standard InChI is InChI=1S/C11H13ClN2O3/c1-6-3-4-8(5-9(6)12)14-11(17)13-7(2)10(15)16/h3-5,7H,1-2H3,(H,15,16)(H2,13,14,17)/t7-/m0/s1. The molecule has 0 saturated carbocycles. The summed E-state index contributed by atoms with van der Waals surface area (Å²) in [5.74, 6) is -1.10. The van der Waals surface area contributed by atoms with E-state index in [9.17, 15) is 9.59 Å². The topological polar surface area (TPSA) is 78.4 Å². The van der Waals surface area contributed by atoms with Crippen molar-refractivity contribution >= 4 is 29.3 Å². The summed E-state index contributed by atoms with van der Waals surface area (Å²) in [6, 6.07) is 3.52. The molecule has 0 heterocycles. The number of anilines is 1. The van der Waals surface area contributed by atoms with Crippen molar-refractivity contribution in [1.29, 1.82) is 0 Å². The lowest BCUT2D eigenvalue weighted by Gasteiger charge is -2.11. The van der Waals surface area contributed by atoms with Gasteiger partial charge in [-0.05, 0) is 31.5 Å². The largest absolute Gasteiger partial charge is 0.480 e. The first-order chi connectivity index (χ1) is 7.90. The van der Waals surface area contributed by atoms with E-state index in [1.54, 1.807) is 18.2 Å². The molecule has 3 N–H and O–H groups in total. The Labute approximate surface area is 104 Å². The minimum absolute atomic E-state index is 0.510. The van der Waals surface area contributed by atoms with Crippen molar-refractivity contribution in [2.75, 3.05) is 5.32 Å². The van der Waals surface area contributed by atoms with Crippen LogP contribution < -0.4 is 10.6 Å². The van der Waals surface area contributed by atoms with Crippen LogP contribution >= 0.6 is 11.6 Å². The van der Waals surface area contributed by atoms with Crippen molar-refractivity contribution in [3.8, 4) is 0 Å². The van der Waals surface area contributed by atoms with E-state index < -0.39 is 18.0 Å². The third-order valence-electron chi connectivity index (χ3n) is 2.15. The van der Waals surface area contributed by atoms with Gasteiger partial charge < -0.3 is 15.7 Å². The van der Waals surface area contributed by atoms with Crippen LogP contribution in [0.25, 0.3) is 0 Å². The summed E-state index contributed by atoms with van der Waals surface area (Å²) < 4.78 is 0. The Bertz CT molecular complexity index is 448. The maximum Gasteiger partial charge on any atom is 0.325 e. The van der Waals surface area contributed by atoms with Crippen LogP contribution in [-0.2, 0) is 4.79 Å². The lowest BCUT2D eigenvalue weighted by atomic mass is 10.2. The number of halogens is 1. The van der Waals surface area contributed by atoms with Crippen molar-refractivity contribution in [3.05, 3.63) is 28.8 Å². The molecule has 1 aromatic rings. The minimum atomic E-state index is -1.10. The van der Waals surface area contributed by atoms with E-state index in [0.717, 1.165) is 5.56 Å². The molecular formula is C11H13ClN2O3. The highest BCUT2D eigenvalue weighted by molar-refractivity contribution is 6.31. The van der Waals surface area contributed by atoms with Crippen molar-refractivity contribution in [3.63, 3.8) is 0 Å². The Morgan fingerprint density at radius 1 is 1.41 bits per heavy atom. The Hall–Kier alpha value is -1.75. The van der Waals surface area contributed by atoms with Crippen molar-refractivity contribution in [2.45, 2.75) is 19.9 Å². The molecule has 0 radical (unpaired) electrons. The highest BCUT2D eigenvalue weighted by Crippen LogP contribution is 2.19. The summed E-state index contributed by atoms with van der Waals surface area (Å²) in [6.07, 6.45) is 0. The third-order valence-corrected chi connectivity index (χ3v) is 2.55. The second-order valence-electron chi connectivity index (χ2n) is 3.62. The van der Waals surface area contributed by atoms with Crippen LogP contribution in [0.15, 0.2) is 18.2 Å². The molecule has 1 aromatic carbocycles. The molecule has 5 nitrogen and oxygen atoms in total. The fraction of sp³-hybridized carbons (Fsp3) is 0.273. The second kappa shape index (κ2) is 5.54. The predicted octanol–water partition coefficient (Wildman–Crippen LogP) is 2.24. The van der Waals surface area contributed by atoms with Gasteiger partial charge in [0.05, 0.1) is 0 Å². The molecule has 0 aliphatic rings. The number of carbonyl (C=O) groups is 2. The monoisotopic (exact) mass is 256 g/mol. The lowest BCUT2D eigenvalue weighted by molar-refractivity contribution is -0.138. The summed E-state index contributed by atoms with van der Waals surface area (Å²) >= 11 is 5.89. The molecule has 92 valence electrons. The number of amides is 2. The molecule has 0 unspecified atom stereocenters. The number of rotatable bonds is 3. The SMILES string of the molecule is Cc1ccc(NC(=O)N[C@@H](C)C(=O)O)cc1Cl. The number of hydrogen-bond donors (Lipinski definition) is 3. The molecule has 2 amide bonds. The van der Waals surface area contributed by atoms with E-state index in [2.05, 4.69) is 10.6 Å². The van der Waals surface area contributed by atoms with Crippen molar-refractivity contribution in [1.82, 2.24) is 5.32 Å². The number of benzene rings is 1. The molecule has 0 aliphatic carbocycles. The quantitative estimate of drug-likeness (QED) is 0.776. The number of aryl methyl sites for hydroxylation is 1. The second-order valence-corrected chi connectivity index (χ2v) is 4.03. The van der Waals surface area contributed by atoms with E-state index in [1.165, 1.54) is 6.92 Å². The number of urea groups is 1. The fourth-order valence-corrected chi connectivity index (χ4v) is 1.28. The van der Waals surface area contributed by atoms with Crippen molar-refractivity contribution < 1.29 is 14.7 Å². The first-order valence-corrected chi connectivity index (χ1v) is 5.34. The highest BCUT2D eigenvalue weighted by Gasteiger charge is 2.13. The first kappa shape index (κ1) is 13.3. The van der Waals surface area contributed by atoms with Gasteiger partial charge in [-0.15, -0.1) is 0 Å². The van der Waals surface area contributed by atoms with E-state index in [0.29, 0.717) is 10.7 Å². The van der Waals surface area contributed by atoms with Gasteiger partial charge in [-0.1, -0.05) is 17.7 Å². The third kappa shape index (κ3) is 3.96. The van der Waals surface area contributed by atoms with Gasteiger partial charge in [-0.3, -0.25) is 4.79 Å². The number of carbonyl (C=O) groups excluding carboxylic acids is 1. The Balaban J connectivity index is 2.62. The van der Waals surface area contributed by atoms with Crippen LogP contribution in [0.3, 0.4) is 0 Å². The molecule has 1 atom stereocenters. The van der Waals surface area contributed by atoms with Gasteiger partial charge in [0.25, 0.3) is 0 Å². The van der Waals surface area contributed by atoms with Crippen molar-refractivity contribution in [2.24, 2.45) is 0 Å². The van der Waals surface area contributed by atoms with Gasteiger partial charge in [-0.25, -0.2) is 4.79 Å². The summed E-state index contributed by atoms with van der Waals surface area (Å²) in [7, 11) is 0. The zero-order valence-corrected chi connectivity index (χ0v) is 10.2. The fourth-order valence-electron chi connectivity index (χ4n) is 1.10. The molecule has 17 heavy (non-hydrogen) atoms. The highest BCUT2D eigenvalue weighted by atomic mass is 35.5. The maximum atomic E-state index is 11.4. The number of nitrogens with one attached hydrogen (secondary N) is 2. The normalized spacial score (nSPS) is 11.7. The zero-order valence-electron chi connectivity index (χ0n) is 9.45. The summed E-state index contributed by atoms with van der Waals surface area (Å²) in [6.45, 7) is 3.22. The number of carboxylic acids is 1. The lowest BCUT2D eigenvalue weighted by Crippen LogP contribution is -2.40. The van der Waals surface area contributed by atoms with Crippen LogP contribution in [0, 0.1) is 6.92 Å². The molecule has 0 aliphatic heterocycles. The zero-order chi connectivity index (χ0) is 13.0. The Morgan fingerprint density at radius 2 is 2.06 bits per heavy atom. The van der Waals surface area contributed by atoms with E-state index in [-0.39, 0.29) is 0 Å². The van der Waals surface area contributed by atoms with Crippen LogP contribution in [0.2, 0.25) is 5.02 Å². The van der Waals surface area contributed by atoms with E-state index in [4.69, 9.17) is 16.7 Å². The van der Waals surface area contributed by atoms with E-state index >= 15 is 0 Å². The van der Waals surface area contributed by atoms with Crippen LogP contribution in [-0.4, -0.2) is 23.1 Å². The van der Waals surface area contributed by atoms with Crippen LogP contribution in [0.1, 0.15) is 12.5 Å². The molecule has 0 spiro atoms. The first-order valence-electron chi connectivity index (χ1n) is 4.96. The average Bonchev–Trinajstić information content (AvgIpc) is 2.23. The summed E-state index contributed by atoms with van der Waals surface area (Å²) in [4.78, 5) is 21.9. The van der Waals surface area contributed by atoms with Crippen LogP contribution in [0.4, 0.5) is 10.5 Å². The van der Waals surface area contributed by atoms with Gasteiger partial charge in [0.1, 0.15) is 6.04 Å². The van der Waals surface area contributed by atoms with Gasteiger partial charge in [0.15, 0.2) is 0 Å². The Kier molecular flexibility index (Phi) is 4.34. The Morgan fingerprint density at radius 3 is 2.59 bits per heavy atom. The molecular weight excluding hydrogens is 244 g/mol. The van der Waals surface area contributed by atoms with E-state index in [1.807, 2.05) is 6.92 Å². The maximum absolute atomic E-state index is 11.4. The minimum Gasteiger partial charge on any atom is -0.480 e. The van der Waals surface area contributed by atoms with Gasteiger partial charge >= 0.3 is 12.0 Å². The van der Waals surface area contributed by atoms with Gasteiger partial charge in [0, 0.05) is 10.7 Å². The van der Waals surface area contributed by atoms with Crippen LogP contribution in [0.5, 0.6) is 0 Å². The predicted molar refractivity (Wildman–Crippen MR) is 65.4 cm³/mol.